The van der Waals surface area contributed by atoms with Crippen LogP contribution in [0.15, 0.2) is 18.2 Å². The molecule has 2 aromatic rings. The van der Waals surface area contributed by atoms with Crippen molar-refractivity contribution in [3.63, 3.8) is 0 Å². The molecule has 2 rings (SSSR count). The number of benzene rings is 1. The number of hydrogen-bond donors (Lipinski definition) is 2. The molecule has 4 nitrogen and oxygen atoms in total. The van der Waals surface area contributed by atoms with Gasteiger partial charge in [0.2, 0.25) is 5.13 Å². The average Bonchev–Trinajstić information content (AvgIpc) is 2.81. The zero-order chi connectivity index (χ0) is 14.5. The molecule has 0 aliphatic carbocycles. The second-order valence-corrected chi connectivity index (χ2v) is 5.72. The van der Waals surface area contributed by atoms with Crippen LogP contribution < -0.4 is 11.1 Å². The minimum Gasteiger partial charge on any atom is -0.360 e. The molecule has 1 heterocycles. The van der Waals surface area contributed by atoms with Gasteiger partial charge < -0.3 is 11.1 Å². The number of nitrogens with zero attached hydrogens (tertiary/aromatic N) is 2. The quantitative estimate of drug-likeness (QED) is 0.860. The molecular weight excluding hydrogens is 275 g/mol. The molecule has 0 bridgehead atoms. The molecule has 20 heavy (non-hydrogen) atoms. The van der Waals surface area contributed by atoms with Crippen molar-refractivity contribution in [1.82, 2.24) is 9.36 Å². The lowest BCUT2D eigenvalue weighted by atomic mass is 10.1. The van der Waals surface area contributed by atoms with Crippen LogP contribution in [0.1, 0.15) is 30.3 Å². The molecule has 0 amide bonds. The van der Waals surface area contributed by atoms with Crippen molar-refractivity contribution in [3.8, 4) is 0 Å². The Bertz CT molecular complexity index is 568. The molecule has 0 radical (unpaired) electrons. The van der Waals surface area contributed by atoms with Gasteiger partial charge in [0.1, 0.15) is 11.6 Å². The normalized spacial score (nSPS) is 12.4. The first-order valence-corrected chi connectivity index (χ1v) is 7.39. The van der Waals surface area contributed by atoms with Gasteiger partial charge >= 0.3 is 0 Å². The lowest BCUT2D eigenvalue weighted by Gasteiger charge is -2.04. The summed E-state index contributed by atoms with van der Waals surface area (Å²) in [6, 6.07) is 5.27. The zero-order valence-corrected chi connectivity index (χ0v) is 12.5. The third-order valence-corrected chi connectivity index (χ3v) is 3.64. The first-order valence-electron chi connectivity index (χ1n) is 6.61. The van der Waals surface area contributed by atoms with Crippen molar-refractivity contribution in [2.45, 2.75) is 32.7 Å². The van der Waals surface area contributed by atoms with Crippen LogP contribution in [0.2, 0.25) is 0 Å². The van der Waals surface area contributed by atoms with E-state index in [1.54, 1.807) is 13.0 Å². The molecular formula is C14H19FN4S. The van der Waals surface area contributed by atoms with Crippen molar-refractivity contribution in [3.05, 3.63) is 41.0 Å². The number of aromatic nitrogens is 2. The van der Waals surface area contributed by atoms with Crippen molar-refractivity contribution in [2.24, 2.45) is 5.73 Å². The summed E-state index contributed by atoms with van der Waals surface area (Å²) in [5.74, 6) is 0.572. The van der Waals surface area contributed by atoms with Gasteiger partial charge in [0, 0.05) is 30.5 Å². The molecule has 1 atom stereocenters. The van der Waals surface area contributed by atoms with E-state index >= 15 is 0 Å². The van der Waals surface area contributed by atoms with Crippen LogP contribution >= 0.6 is 11.5 Å². The third kappa shape index (κ3) is 4.25. The highest BCUT2D eigenvalue weighted by Gasteiger charge is 2.06. The number of hydrogen-bond acceptors (Lipinski definition) is 5. The van der Waals surface area contributed by atoms with Crippen molar-refractivity contribution in [2.75, 3.05) is 11.9 Å². The molecule has 0 fully saturated rings. The van der Waals surface area contributed by atoms with Crippen LogP contribution in [0.4, 0.5) is 9.52 Å². The summed E-state index contributed by atoms with van der Waals surface area (Å²) in [6.45, 7) is 4.53. The van der Waals surface area contributed by atoms with Crippen LogP contribution in [-0.2, 0) is 6.42 Å². The Balaban J connectivity index is 1.93. The maximum atomic E-state index is 13.2. The van der Waals surface area contributed by atoms with Gasteiger partial charge in [0.25, 0.3) is 0 Å². The highest BCUT2D eigenvalue weighted by atomic mass is 32.1. The Morgan fingerprint density at radius 2 is 2.25 bits per heavy atom. The predicted molar refractivity (Wildman–Crippen MR) is 80.6 cm³/mol. The third-order valence-electron chi connectivity index (χ3n) is 2.93. The van der Waals surface area contributed by atoms with Gasteiger partial charge in [-0.1, -0.05) is 12.1 Å². The summed E-state index contributed by atoms with van der Waals surface area (Å²) < 4.78 is 17.5. The van der Waals surface area contributed by atoms with Crippen LogP contribution in [0.25, 0.3) is 0 Å². The number of halogens is 1. The first kappa shape index (κ1) is 14.9. The summed E-state index contributed by atoms with van der Waals surface area (Å²) >= 11 is 1.34. The molecule has 3 N–H and O–H groups in total. The summed E-state index contributed by atoms with van der Waals surface area (Å²) in [5, 5.41) is 4.01. The number of nitrogens with one attached hydrogen (secondary N) is 1. The maximum absolute atomic E-state index is 13.2. The van der Waals surface area contributed by atoms with Crippen LogP contribution in [0.3, 0.4) is 0 Å². The Morgan fingerprint density at radius 1 is 1.45 bits per heavy atom. The van der Waals surface area contributed by atoms with E-state index in [9.17, 15) is 4.39 Å². The fourth-order valence-electron chi connectivity index (χ4n) is 1.80. The zero-order valence-electron chi connectivity index (χ0n) is 11.7. The molecule has 0 saturated heterocycles. The van der Waals surface area contributed by atoms with Crippen molar-refractivity contribution in [1.29, 1.82) is 0 Å². The van der Waals surface area contributed by atoms with Gasteiger partial charge in [-0.15, -0.1) is 0 Å². The summed E-state index contributed by atoms with van der Waals surface area (Å²) in [5.41, 5.74) is 7.35. The lowest BCUT2D eigenvalue weighted by molar-refractivity contribution is 0.617. The molecule has 1 aromatic carbocycles. The van der Waals surface area contributed by atoms with E-state index in [1.165, 1.54) is 17.6 Å². The molecule has 0 saturated carbocycles. The molecule has 0 spiro atoms. The molecule has 1 aromatic heterocycles. The van der Waals surface area contributed by atoms with E-state index in [1.807, 2.05) is 13.0 Å². The molecule has 0 aliphatic rings. The summed E-state index contributed by atoms with van der Waals surface area (Å²) in [4.78, 5) is 4.42. The second-order valence-electron chi connectivity index (χ2n) is 4.97. The Labute approximate surface area is 122 Å². The topological polar surface area (TPSA) is 63.8 Å². The van der Waals surface area contributed by atoms with E-state index in [0.29, 0.717) is 12.0 Å². The number of aryl methyl sites for hydroxylation is 1. The van der Waals surface area contributed by atoms with E-state index in [2.05, 4.69) is 14.7 Å². The standard InChI is InChI=1S/C14H19FN4S/c1-9-7-11(3-4-12(9)15)8-13-18-14(20-19-13)17-6-5-10(2)16/h3-4,7,10H,5-6,8,16H2,1-2H3,(H,17,18,19). The van der Waals surface area contributed by atoms with Gasteiger partial charge in [-0.25, -0.2) is 9.37 Å². The first-order chi connectivity index (χ1) is 9.54. The predicted octanol–water partition coefficient (Wildman–Crippen LogP) is 2.73. The van der Waals surface area contributed by atoms with Crippen LogP contribution in [0.5, 0.6) is 0 Å². The lowest BCUT2D eigenvalue weighted by Crippen LogP contribution is -2.19. The van der Waals surface area contributed by atoms with Gasteiger partial charge in [0.15, 0.2) is 0 Å². The molecule has 6 heteroatoms. The Morgan fingerprint density at radius 3 is 2.95 bits per heavy atom. The highest BCUT2D eigenvalue weighted by Crippen LogP contribution is 2.16. The van der Waals surface area contributed by atoms with E-state index in [4.69, 9.17) is 5.73 Å². The fourth-order valence-corrected chi connectivity index (χ4v) is 2.41. The van der Waals surface area contributed by atoms with Crippen molar-refractivity contribution < 1.29 is 4.39 Å². The molecule has 108 valence electrons. The maximum Gasteiger partial charge on any atom is 0.202 e. The largest absolute Gasteiger partial charge is 0.360 e. The summed E-state index contributed by atoms with van der Waals surface area (Å²) in [7, 11) is 0. The van der Waals surface area contributed by atoms with Crippen molar-refractivity contribution >= 4 is 16.7 Å². The van der Waals surface area contributed by atoms with Crippen LogP contribution in [-0.4, -0.2) is 21.9 Å². The van der Waals surface area contributed by atoms with E-state index in [0.717, 1.165) is 29.5 Å². The van der Waals surface area contributed by atoms with Gasteiger partial charge in [-0.2, -0.15) is 4.37 Å². The van der Waals surface area contributed by atoms with Gasteiger partial charge in [0.05, 0.1) is 0 Å². The Kier molecular flexibility index (Phi) is 5.03. The Hall–Kier alpha value is -1.53. The fraction of sp³-hybridized carbons (Fsp3) is 0.429. The number of nitrogens with two attached hydrogens (primary N) is 1. The second kappa shape index (κ2) is 6.76. The van der Waals surface area contributed by atoms with Gasteiger partial charge in [-0.3, -0.25) is 0 Å². The monoisotopic (exact) mass is 294 g/mol. The minimum absolute atomic E-state index is 0.178. The smallest absolute Gasteiger partial charge is 0.202 e. The minimum atomic E-state index is -0.182. The average molecular weight is 294 g/mol. The van der Waals surface area contributed by atoms with E-state index < -0.39 is 0 Å². The van der Waals surface area contributed by atoms with Crippen LogP contribution in [0, 0.1) is 12.7 Å². The number of anilines is 1. The molecule has 1 unspecified atom stereocenters. The SMILES string of the molecule is Cc1cc(Cc2nsc(NCCC(C)N)n2)ccc1F. The number of rotatable bonds is 6. The van der Waals surface area contributed by atoms with E-state index in [-0.39, 0.29) is 11.9 Å². The molecule has 0 aliphatic heterocycles. The highest BCUT2D eigenvalue weighted by molar-refractivity contribution is 7.09. The van der Waals surface area contributed by atoms with Gasteiger partial charge in [-0.05, 0) is 37.5 Å². The summed E-state index contributed by atoms with van der Waals surface area (Å²) in [6.07, 6.45) is 1.51.